The lowest BCUT2D eigenvalue weighted by Crippen LogP contribution is -2.52. The maximum atomic E-state index is 10.6. The van der Waals surface area contributed by atoms with Gasteiger partial charge >= 0.3 is 0 Å². The van der Waals surface area contributed by atoms with Crippen LogP contribution in [0.2, 0.25) is 0 Å². The highest BCUT2D eigenvalue weighted by Crippen LogP contribution is 2.30. The van der Waals surface area contributed by atoms with E-state index in [1.165, 1.54) is 32.1 Å². The monoisotopic (exact) mass is 153 g/mol. The first-order chi connectivity index (χ1) is 5.36. The van der Waals surface area contributed by atoms with Crippen molar-refractivity contribution in [1.29, 1.82) is 0 Å². The van der Waals surface area contributed by atoms with E-state index >= 15 is 0 Å². The van der Waals surface area contributed by atoms with Crippen molar-refractivity contribution in [2.45, 2.75) is 44.6 Å². The molecule has 0 aromatic carbocycles. The quantitative estimate of drug-likeness (QED) is 0.568. The average molecular weight is 153 g/mol. The van der Waals surface area contributed by atoms with Crippen molar-refractivity contribution in [2.75, 3.05) is 0 Å². The minimum Gasteiger partial charge on any atom is -0.353 e. The van der Waals surface area contributed by atoms with Gasteiger partial charge < -0.3 is 5.32 Å². The standard InChI is InChI=1S/C9H15NO/c11-9-6-8(10-9)7-4-2-1-3-5-7/h7-8H,1-6H2,(H,10,11)/t8-/m1/s1. The lowest BCUT2D eigenvalue weighted by atomic mass is 9.80. The Morgan fingerprint density at radius 1 is 1.18 bits per heavy atom. The van der Waals surface area contributed by atoms with Gasteiger partial charge in [-0.3, -0.25) is 4.79 Å². The number of amides is 1. The first-order valence-corrected chi connectivity index (χ1v) is 4.65. The Balaban J connectivity index is 1.80. The van der Waals surface area contributed by atoms with Crippen LogP contribution in [0.3, 0.4) is 0 Å². The molecule has 1 atom stereocenters. The third-order valence-electron chi connectivity index (χ3n) is 2.97. The Bertz CT molecular complexity index is 153. The van der Waals surface area contributed by atoms with Crippen LogP contribution in [0.4, 0.5) is 0 Å². The molecule has 1 heterocycles. The van der Waals surface area contributed by atoms with Gasteiger partial charge in [-0.15, -0.1) is 0 Å². The van der Waals surface area contributed by atoms with Crippen molar-refractivity contribution < 1.29 is 4.79 Å². The Hall–Kier alpha value is -0.530. The van der Waals surface area contributed by atoms with E-state index in [0.717, 1.165) is 12.3 Å². The van der Waals surface area contributed by atoms with Crippen molar-refractivity contribution >= 4 is 5.91 Å². The molecular formula is C9H15NO. The van der Waals surface area contributed by atoms with E-state index in [2.05, 4.69) is 5.32 Å². The molecule has 0 radical (unpaired) electrons. The van der Waals surface area contributed by atoms with E-state index in [0.29, 0.717) is 6.04 Å². The van der Waals surface area contributed by atoms with Crippen molar-refractivity contribution in [2.24, 2.45) is 5.92 Å². The molecular weight excluding hydrogens is 138 g/mol. The second-order valence-electron chi connectivity index (χ2n) is 3.78. The van der Waals surface area contributed by atoms with Gasteiger partial charge in [-0.1, -0.05) is 19.3 Å². The van der Waals surface area contributed by atoms with Crippen LogP contribution < -0.4 is 5.32 Å². The van der Waals surface area contributed by atoms with Gasteiger partial charge in [-0.2, -0.15) is 0 Å². The molecule has 0 aromatic heterocycles. The summed E-state index contributed by atoms with van der Waals surface area (Å²) in [4.78, 5) is 10.6. The number of hydrogen-bond donors (Lipinski definition) is 1. The van der Waals surface area contributed by atoms with Crippen LogP contribution in [0.5, 0.6) is 0 Å². The van der Waals surface area contributed by atoms with Crippen LogP contribution in [0.25, 0.3) is 0 Å². The molecule has 1 saturated carbocycles. The molecule has 1 aliphatic heterocycles. The number of hydrogen-bond acceptors (Lipinski definition) is 1. The highest BCUT2D eigenvalue weighted by atomic mass is 16.2. The van der Waals surface area contributed by atoms with E-state index in [-0.39, 0.29) is 5.91 Å². The van der Waals surface area contributed by atoms with Crippen LogP contribution >= 0.6 is 0 Å². The molecule has 0 aromatic rings. The highest BCUT2D eigenvalue weighted by molar-refractivity contribution is 5.82. The van der Waals surface area contributed by atoms with Crippen molar-refractivity contribution in [3.63, 3.8) is 0 Å². The van der Waals surface area contributed by atoms with Crippen molar-refractivity contribution in [3.8, 4) is 0 Å². The van der Waals surface area contributed by atoms with E-state index in [9.17, 15) is 4.79 Å². The second-order valence-corrected chi connectivity index (χ2v) is 3.78. The summed E-state index contributed by atoms with van der Waals surface area (Å²) < 4.78 is 0. The molecule has 11 heavy (non-hydrogen) atoms. The number of rotatable bonds is 1. The molecule has 2 nitrogen and oxygen atoms in total. The van der Waals surface area contributed by atoms with Crippen molar-refractivity contribution in [3.05, 3.63) is 0 Å². The van der Waals surface area contributed by atoms with Gasteiger partial charge in [0.05, 0.1) is 0 Å². The fourth-order valence-corrected chi connectivity index (χ4v) is 2.21. The molecule has 2 heteroatoms. The average Bonchev–Trinajstić information content (AvgIpc) is 2.01. The molecule has 0 unspecified atom stereocenters. The van der Waals surface area contributed by atoms with Gasteiger partial charge in [0.25, 0.3) is 0 Å². The fraction of sp³-hybridized carbons (Fsp3) is 0.889. The predicted octanol–water partition coefficient (Wildman–Crippen LogP) is 1.46. The van der Waals surface area contributed by atoms with Crippen molar-refractivity contribution in [1.82, 2.24) is 5.32 Å². The Morgan fingerprint density at radius 2 is 1.82 bits per heavy atom. The first kappa shape index (κ1) is 7.14. The summed E-state index contributed by atoms with van der Waals surface area (Å²) in [6, 6.07) is 0.544. The summed E-state index contributed by atoms with van der Waals surface area (Å²) in [7, 11) is 0. The Kier molecular flexibility index (Phi) is 1.84. The third kappa shape index (κ3) is 1.39. The number of β-lactam (4-membered cyclic amide) rings is 1. The van der Waals surface area contributed by atoms with Gasteiger partial charge in [0.1, 0.15) is 0 Å². The Labute approximate surface area is 67.4 Å². The maximum Gasteiger partial charge on any atom is 0.222 e. The molecule has 1 saturated heterocycles. The van der Waals surface area contributed by atoms with Gasteiger partial charge in [-0.25, -0.2) is 0 Å². The maximum absolute atomic E-state index is 10.6. The third-order valence-corrected chi connectivity index (χ3v) is 2.97. The smallest absolute Gasteiger partial charge is 0.222 e. The number of nitrogens with one attached hydrogen (secondary N) is 1. The lowest BCUT2D eigenvalue weighted by molar-refractivity contribution is -0.129. The summed E-state index contributed by atoms with van der Waals surface area (Å²) in [6.07, 6.45) is 7.62. The normalized spacial score (nSPS) is 32.7. The van der Waals surface area contributed by atoms with Gasteiger partial charge in [-0.05, 0) is 18.8 Å². The van der Waals surface area contributed by atoms with E-state index in [1.54, 1.807) is 0 Å². The van der Waals surface area contributed by atoms with Gasteiger partial charge in [0, 0.05) is 12.5 Å². The van der Waals surface area contributed by atoms with Crippen LogP contribution in [0, 0.1) is 5.92 Å². The van der Waals surface area contributed by atoms with Crippen LogP contribution in [-0.4, -0.2) is 11.9 Å². The predicted molar refractivity (Wildman–Crippen MR) is 43.1 cm³/mol. The Morgan fingerprint density at radius 3 is 2.36 bits per heavy atom. The summed E-state index contributed by atoms with van der Waals surface area (Å²) in [5, 5.41) is 2.97. The topological polar surface area (TPSA) is 29.1 Å². The fourth-order valence-electron chi connectivity index (χ4n) is 2.21. The SMILES string of the molecule is O=C1C[C@H](C2CCCCC2)N1. The zero-order valence-corrected chi connectivity index (χ0v) is 6.81. The van der Waals surface area contributed by atoms with Crippen LogP contribution in [0.15, 0.2) is 0 Å². The highest BCUT2D eigenvalue weighted by Gasteiger charge is 2.32. The minimum absolute atomic E-state index is 0.251. The van der Waals surface area contributed by atoms with Gasteiger partial charge in [0.2, 0.25) is 5.91 Å². The van der Waals surface area contributed by atoms with E-state index in [4.69, 9.17) is 0 Å². The molecule has 1 aliphatic carbocycles. The molecule has 2 aliphatic rings. The number of carbonyl (C=O) groups is 1. The summed E-state index contributed by atoms with van der Waals surface area (Å²) in [5.41, 5.74) is 0. The lowest BCUT2D eigenvalue weighted by Gasteiger charge is -2.36. The zero-order valence-electron chi connectivity index (χ0n) is 6.81. The molecule has 0 bridgehead atoms. The number of carbonyl (C=O) groups excluding carboxylic acids is 1. The molecule has 1 amide bonds. The molecule has 62 valence electrons. The van der Waals surface area contributed by atoms with Gasteiger partial charge in [0.15, 0.2) is 0 Å². The van der Waals surface area contributed by atoms with E-state index in [1.807, 2.05) is 0 Å². The summed E-state index contributed by atoms with van der Waals surface area (Å²) >= 11 is 0. The van der Waals surface area contributed by atoms with Crippen LogP contribution in [0.1, 0.15) is 38.5 Å². The first-order valence-electron chi connectivity index (χ1n) is 4.65. The largest absolute Gasteiger partial charge is 0.353 e. The minimum atomic E-state index is 0.251. The van der Waals surface area contributed by atoms with E-state index < -0.39 is 0 Å². The zero-order chi connectivity index (χ0) is 7.68. The summed E-state index contributed by atoms with van der Waals surface area (Å²) in [5.74, 6) is 1.06. The molecule has 0 spiro atoms. The molecule has 2 rings (SSSR count). The second kappa shape index (κ2) is 2.84. The summed E-state index contributed by atoms with van der Waals surface area (Å²) in [6.45, 7) is 0. The van der Waals surface area contributed by atoms with Crippen LogP contribution in [-0.2, 0) is 4.79 Å². The molecule has 2 fully saturated rings. The molecule has 1 N–H and O–H groups in total.